The van der Waals surface area contributed by atoms with Crippen LogP contribution in [0, 0.1) is 5.41 Å². The second-order valence-electron chi connectivity index (χ2n) is 6.94. The van der Waals surface area contributed by atoms with Crippen LogP contribution in [0.25, 0.3) is 0 Å². The number of nitrogens with zero attached hydrogens (tertiary/aromatic N) is 2. The van der Waals surface area contributed by atoms with Crippen molar-refractivity contribution in [2.24, 2.45) is 10.4 Å². The largest absolute Gasteiger partial charge is 0.396 e. The molecule has 0 aliphatic carbocycles. The fourth-order valence-corrected chi connectivity index (χ4v) is 3.10. The molecule has 1 aliphatic rings. The first kappa shape index (κ1) is 22.2. The number of aliphatic hydroxyl groups is 1. The van der Waals surface area contributed by atoms with Crippen LogP contribution in [-0.4, -0.2) is 75.2 Å². The van der Waals surface area contributed by atoms with E-state index in [1.807, 2.05) is 0 Å². The number of hydrogen-bond donors (Lipinski definition) is 2. The van der Waals surface area contributed by atoms with Crippen LogP contribution in [0.1, 0.15) is 52.9 Å². The van der Waals surface area contributed by atoms with Gasteiger partial charge in [0.25, 0.3) is 0 Å². The van der Waals surface area contributed by atoms with Crippen molar-refractivity contribution in [3.63, 3.8) is 0 Å². The molecule has 0 radical (unpaired) electrons. The SMILES string of the molecule is CCNC(=NCC(CC)(CC)CO)N1CCC(OCCCOC)CC1. The van der Waals surface area contributed by atoms with E-state index in [4.69, 9.17) is 14.5 Å². The molecule has 0 atom stereocenters. The van der Waals surface area contributed by atoms with Crippen molar-refractivity contribution >= 4 is 5.96 Å². The lowest BCUT2D eigenvalue weighted by atomic mass is 9.83. The standard InChI is InChI=1S/C19H39N3O3/c1-5-19(6-2,16-23)15-21-18(20-7-3)22-11-9-17(10-12-22)25-14-8-13-24-4/h17,23H,5-16H2,1-4H3,(H,20,21). The number of guanidine groups is 1. The highest BCUT2D eigenvalue weighted by molar-refractivity contribution is 5.80. The van der Waals surface area contributed by atoms with E-state index in [-0.39, 0.29) is 12.0 Å². The Kier molecular flexibility index (Phi) is 11.1. The molecule has 6 nitrogen and oxygen atoms in total. The van der Waals surface area contributed by atoms with Gasteiger partial charge in [0.2, 0.25) is 0 Å². The number of aliphatic imine (C=N–C) groups is 1. The molecule has 0 unspecified atom stereocenters. The summed E-state index contributed by atoms with van der Waals surface area (Å²) in [6.45, 7) is 11.6. The molecular formula is C19H39N3O3. The van der Waals surface area contributed by atoms with Crippen LogP contribution in [0.5, 0.6) is 0 Å². The predicted octanol–water partition coefficient (Wildman–Crippen LogP) is 2.27. The van der Waals surface area contributed by atoms with Crippen LogP contribution in [-0.2, 0) is 9.47 Å². The van der Waals surface area contributed by atoms with Gasteiger partial charge in [0, 0.05) is 45.4 Å². The van der Waals surface area contributed by atoms with Gasteiger partial charge in [0.1, 0.15) is 0 Å². The average molecular weight is 358 g/mol. The third-order valence-electron chi connectivity index (χ3n) is 5.32. The Morgan fingerprint density at radius 2 is 1.88 bits per heavy atom. The van der Waals surface area contributed by atoms with Crippen molar-refractivity contribution in [3.8, 4) is 0 Å². The van der Waals surface area contributed by atoms with Gasteiger partial charge < -0.3 is 24.8 Å². The van der Waals surface area contributed by atoms with Crippen LogP contribution >= 0.6 is 0 Å². The molecule has 0 spiro atoms. The molecule has 6 heteroatoms. The second-order valence-corrected chi connectivity index (χ2v) is 6.94. The smallest absolute Gasteiger partial charge is 0.193 e. The number of hydrogen-bond acceptors (Lipinski definition) is 4. The third-order valence-corrected chi connectivity index (χ3v) is 5.32. The highest BCUT2D eigenvalue weighted by Gasteiger charge is 2.26. The van der Waals surface area contributed by atoms with Gasteiger partial charge in [-0.1, -0.05) is 13.8 Å². The summed E-state index contributed by atoms with van der Waals surface area (Å²) in [4.78, 5) is 7.17. The molecule has 2 N–H and O–H groups in total. The predicted molar refractivity (Wildman–Crippen MR) is 103 cm³/mol. The van der Waals surface area contributed by atoms with Gasteiger partial charge in [-0.2, -0.15) is 0 Å². The summed E-state index contributed by atoms with van der Waals surface area (Å²) in [5, 5.41) is 13.2. The quantitative estimate of drug-likeness (QED) is 0.337. The summed E-state index contributed by atoms with van der Waals surface area (Å²) in [7, 11) is 1.72. The minimum atomic E-state index is -0.0938. The fraction of sp³-hybridized carbons (Fsp3) is 0.947. The Labute approximate surface area is 154 Å². The monoisotopic (exact) mass is 357 g/mol. The van der Waals surface area contributed by atoms with E-state index in [1.165, 1.54) is 0 Å². The number of nitrogens with one attached hydrogen (secondary N) is 1. The first-order valence-corrected chi connectivity index (χ1v) is 9.89. The van der Waals surface area contributed by atoms with Crippen molar-refractivity contribution in [2.45, 2.75) is 59.0 Å². The van der Waals surface area contributed by atoms with E-state index in [0.29, 0.717) is 12.6 Å². The molecule has 148 valence electrons. The molecule has 0 bridgehead atoms. The van der Waals surface area contributed by atoms with E-state index in [2.05, 4.69) is 31.0 Å². The number of piperidine rings is 1. The molecule has 25 heavy (non-hydrogen) atoms. The maximum absolute atomic E-state index is 9.76. The molecule has 0 aromatic heterocycles. The molecule has 1 heterocycles. The zero-order valence-electron chi connectivity index (χ0n) is 16.7. The lowest BCUT2D eigenvalue weighted by molar-refractivity contribution is 0.00984. The Morgan fingerprint density at radius 1 is 1.20 bits per heavy atom. The Balaban J connectivity index is 2.53. The molecule has 1 aliphatic heterocycles. The fourth-order valence-electron chi connectivity index (χ4n) is 3.10. The number of rotatable bonds is 11. The molecular weight excluding hydrogens is 318 g/mol. The maximum atomic E-state index is 9.76. The van der Waals surface area contributed by atoms with Crippen molar-refractivity contribution in [3.05, 3.63) is 0 Å². The van der Waals surface area contributed by atoms with Gasteiger partial charge in [0.15, 0.2) is 5.96 Å². The first-order valence-electron chi connectivity index (χ1n) is 9.89. The number of likely N-dealkylation sites (tertiary alicyclic amines) is 1. The molecule has 1 fully saturated rings. The summed E-state index contributed by atoms with van der Waals surface area (Å²) < 4.78 is 11.0. The molecule has 0 amide bonds. The number of aliphatic hydroxyl groups excluding tert-OH is 1. The average Bonchev–Trinajstić information content (AvgIpc) is 2.66. The minimum Gasteiger partial charge on any atom is -0.396 e. The van der Waals surface area contributed by atoms with Gasteiger partial charge in [-0.3, -0.25) is 4.99 Å². The lowest BCUT2D eigenvalue weighted by Crippen LogP contribution is -2.47. The first-order chi connectivity index (χ1) is 12.1. The van der Waals surface area contributed by atoms with E-state index >= 15 is 0 Å². The van der Waals surface area contributed by atoms with Gasteiger partial charge in [0.05, 0.1) is 19.3 Å². The Morgan fingerprint density at radius 3 is 2.40 bits per heavy atom. The summed E-state index contributed by atoms with van der Waals surface area (Å²) in [5.74, 6) is 0.972. The van der Waals surface area contributed by atoms with E-state index in [9.17, 15) is 5.11 Å². The van der Waals surface area contributed by atoms with Crippen LogP contribution in [0.2, 0.25) is 0 Å². The summed E-state index contributed by atoms with van der Waals surface area (Å²) in [6, 6.07) is 0. The Bertz CT molecular complexity index is 357. The van der Waals surface area contributed by atoms with Gasteiger partial charge in [-0.15, -0.1) is 0 Å². The summed E-state index contributed by atoms with van der Waals surface area (Å²) in [6.07, 6.45) is 5.26. The molecule has 0 aromatic carbocycles. The number of ether oxygens (including phenoxy) is 2. The molecule has 1 saturated heterocycles. The molecule has 0 saturated carbocycles. The zero-order valence-corrected chi connectivity index (χ0v) is 16.7. The van der Waals surface area contributed by atoms with Crippen molar-refractivity contribution < 1.29 is 14.6 Å². The van der Waals surface area contributed by atoms with Crippen molar-refractivity contribution in [1.82, 2.24) is 10.2 Å². The van der Waals surface area contributed by atoms with Crippen LogP contribution < -0.4 is 5.32 Å². The topological polar surface area (TPSA) is 66.3 Å². The Hall–Kier alpha value is -0.850. The van der Waals surface area contributed by atoms with Gasteiger partial charge in [-0.25, -0.2) is 0 Å². The van der Waals surface area contributed by atoms with Crippen molar-refractivity contribution in [2.75, 3.05) is 53.1 Å². The summed E-state index contributed by atoms with van der Waals surface area (Å²) in [5.41, 5.74) is -0.0938. The van der Waals surface area contributed by atoms with Crippen LogP contribution in [0.3, 0.4) is 0 Å². The van der Waals surface area contributed by atoms with E-state index in [0.717, 1.165) is 70.9 Å². The lowest BCUT2D eigenvalue weighted by Gasteiger charge is -2.35. The highest BCUT2D eigenvalue weighted by atomic mass is 16.5. The van der Waals surface area contributed by atoms with Crippen molar-refractivity contribution in [1.29, 1.82) is 0 Å². The normalized spacial score (nSPS) is 17.2. The summed E-state index contributed by atoms with van der Waals surface area (Å²) >= 11 is 0. The third kappa shape index (κ3) is 7.50. The van der Waals surface area contributed by atoms with Gasteiger partial charge in [-0.05, 0) is 39.0 Å². The van der Waals surface area contributed by atoms with Crippen LogP contribution in [0.15, 0.2) is 4.99 Å². The van der Waals surface area contributed by atoms with Gasteiger partial charge >= 0.3 is 0 Å². The second kappa shape index (κ2) is 12.5. The zero-order chi connectivity index (χ0) is 18.5. The molecule has 1 rings (SSSR count). The van der Waals surface area contributed by atoms with E-state index in [1.54, 1.807) is 7.11 Å². The van der Waals surface area contributed by atoms with E-state index < -0.39 is 0 Å². The van der Waals surface area contributed by atoms with Crippen LogP contribution in [0.4, 0.5) is 0 Å². The highest BCUT2D eigenvalue weighted by Crippen LogP contribution is 2.26. The molecule has 0 aromatic rings. The minimum absolute atomic E-state index is 0.0938. The maximum Gasteiger partial charge on any atom is 0.193 e. The number of methoxy groups -OCH3 is 1.